The molecule has 1 aliphatic heterocycles. The molecular formula is C22H21F2N3O2. The fraction of sp³-hybridized carbons (Fsp3) is 0.318. The number of nitrogens with zero attached hydrogens (tertiary/aromatic N) is 2. The van der Waals surface area contributed by atoms with Crippen molar-refractivity contribution in [2.24, 2.45) is 10.9 Å². The van der Waals surface area contributed by atoms with Gasteiger partial charge in [-0.2, -0.15) is 0 Å². The first kappa shape index (κ1) is 20.6. The first-order valence-electron chi connectivity index (χ1n) is 9.20. The van der Waals surface area contributed by atoms with Crippen LogP contribution in [0.1, 0.15) is 29.0 Å². The number of ketones is 1. The summed E-state index contributed by atoms with van der Waals surface area (Å²) in [6.07, 6.45) is 0.234. The van der Waals surface area contributed by atoms with E-state index in [0.29, 0.717) is 17.1 Å². The Morgan fingerprint density at radius 2 is 1.93 bits per heavy atom. The minimum atomic E-state index is -0.631. The van der Waals surface area contributed by atoms with Crippen LogP contribution in [0, 0.1) is 31.0 Å². The number of carbonyl (C=O) groups excluding carboxylic acids is 1. The summed E-state index contributed by atoms with van der Waals surface area (Å²) < 4.78 is 29.1. The van der Waals surface area contributed by atoms with Crippen LogP contribution in [0.3, 0.4) is 0 Å². The van der Waals surface area contributed by atoms with E-state index in [1.165, 1.54) is 19.2 Å². The maximum absolute atomic E-state index is 14.6. The summed E-state index contributed by atoms with van der Waals surface area (Å²) in [6, 6.07) is 9.36. The van der Waals surface area contributed by atoms with Crippen LogP contribution in [-0.4, -0.2) is 25.3 Å². The van der Waals surface area contributed by atoms with E-state index >= 15 is 0 Å². The third-order valence-electron chi connectivity index (χ3n) is 5.01. The molecule has 150 valence electrons. The molecule has 3 rings (SSSR count). The van der Waals surface area contributed by atoms with Crippen molar-refractivity contribution in [2.45, 2.75) is 25.7 Å². The predicted octanol–water partition coefficient (Wildman–Crippen LogP) is 4.29. The Morgan fingerprint density at radius 1 is 1.28 bits per heavy atom. The van der Waals surface area contributed by atoms with Crippen LogP contribution < -0.4 is 5.48 Å². The zero-order chi connectivity index (χ0) is 21.0. The molecule has 0 aromatic heterocycles. The lowest BCUT2D eigenvalue weighted by molar-refractivity contribution is -0.119. The number of Topliss-reactive ketones (excluding diaryl/α,β-unsaturated/α-hetero) is 1. The summed E-state index contributed by atoms with van der Waals surface area (Å²) >= 11 is 0. The Kier molecular flexibility index (Phi) is 6.35. The second kappa shape index (κ2) is 8.93. The van der Waals surface area contributed by atoms with E-state index in [1.807, 2.05) is 0 Å². The third-order valence-corrected chi connectivity index (χ3v) is 5.01. The predicted molar refractivity (Wildman–Crippen MR) is 106 cm³/mol. The first-order valence-corrected chi connectivity index (χ1v) is 9.20. The maximum Gasteiger partial charge on any atom is 0.187 e. The van der Waals surface area contributed by atoms with Crippen LogP contribution in [0.25, 0.3) is 4.85 Å². The molecule has 0 saturated heterocycles. The Bertz CT molecular complexity index is 958. The standard InChI is InChI=1S/C22H21F2N3O2/c1-13-8-19(23)21(20(24)9-13)18-12-26-22(27-29-3)17(18)11-16(28)10-14-4-6-15(25-2)7-5-14/h4-9,17-18H,10-12H2,1,3H3,(H,26,27)/t17-,18+/m0/s1. The molecule has 2 aromatic rings. The number of aliphatic imine (C=N–C) groups is 1. The Morgan fingerprint density at radius 3 is 2.52 bits per heavy atom. The summed E-state index contributed by atoms with van der Waals surface area (Å²) in [4.78, 5) is 25.3. The number of carbonyl (C=O) groups is 1. The summed E-state index contributed by atoms with van der Waals surface area (Å²) in [5.74, 6) is -2.05. The van der Waals surface area contributed by atoms with Crippen molar-refractivity contribution in [3.8, 4) is 0 Å². The van der Waals surface area contributed by atoms with Crippen molar-refractivity contribution in [1.29, 1.82) is 0 Å². The molecule has 7 heteroatoms. The molecule has 2 aromatic carbocycles. The number of hydrogen-bond acceptors (Lipinski definition) is 4. The topological polar surface area (TPSA) is 55.0 Å². The van der Waals surface area contributed by atoms with Gasteiger partial charge >= 0.3 is 0 Å². The molecular weight excluding hydrogens is 376 g/mol. The number of hydroxylamine groups is 1. The summed E-state index contributed by atoms with van der Waals surface area (Å²) in [5, 5.41) is 0. The lowest BCUT2D eigenvalue weighted by Crippen LogP contribution is -2.32. The molecule has 0 unspecified atom stereocenters. The molecule has 29 heavy (non-hydrogen) atoms. The second-order valence-corrected chi connectivity index (χ2v) is 7.09. The highest BCUT2D eigenvalue weighted by atomic mass is 19.1. The number of amidine groups is 1. The van der Waals surface area contributed by atoms with Crippen LogP contribution in [0.5, 0.6) is 0 Å². The van der Waals surface area contributed by atoms with E-state index in [1.54, 1.807) is 31.2 Å². The van der Waals surface area contributed by atoms with Crippen LogP contribution >= 0.6 is 0 Å². The third kappa shape index (κ3) is 4.66. The van der Waals surface area contributed by atoms with Crippen molar-refractivity contribution >= 4 is 17.3 Å². The van der Waals surface area contributed by atoms with Crippen LogP contribution in [0.4, 0.5) is 14.5 Å². The highest BCUT2D eigenvalue weighted by molar-refractivity contribution is 5.92. The molecule has 1 heterocycles. The zero-order valence-electron chi connectivity index (χ0n) is 16.2. The van der Waals surface area contributed by atoms with Gasteiger partial charge < -0.3 is 0 Å². The highest BCUT2D eigenvalue weighted by Gasteiger charge is 2.37. The number of aryl methyl sites for hydroxylation is 1. The lowest BCUT2D eigenvalue weighted by Gasteiger charge is -2.22. The van der Waals surface area contributed by atoms with E-state index in [0.717, 1.165) is 5.56 Å². The quantitative estimate of drug-likeness (QED) is 0.584. The molecule has 0 spiro atoms. The normalized spacial score (nSPS) is 18.2. The van der Waals surface area contributed by atoms with Crippen molar-refractivity contribution in [1.82, 2.24) is 5.48 Å². The van der Waals surface area contributed by atoms with Gasteiger partial charge in [0.15, 0.2) is 5.69 Å². The first-order chi connectivity index (χ1) is 13.9. The lowest BCUT2D eigenvalue weighted by atomic mass is 9.82. The molecule has 1 aliphatic rings. The van der Waals surface area contributed by atoms with E-state index in [9.17, 15) is 13.6 Å². The zero-order valence-corrected chi connectivity index (χ0v) is 16.2. The minimum Gasteiger partial charge on any atom is -0.299 e. The number of benzene rings is 2. The van der Waals surface area contributed by atoms with Gasteiger partial charge in [0.05, 0.1) is 13.7 Å². The summed E-state index contributed by atoms with van der Waals surface area (Å²) in [5.41, 5.74) is 4.37. The molecule has 5 nitrogen and oxygen atoms in total. The highest BCUT2D eigenvalue weighted by Crippen LogP contribution is 2.36. The van der Waals surface area contributed by atoms with Crippen LogP contribution in [0.2, 0.25) is 0 Å². The minimum absolute atomic E-state index is 0.0496. The second-order valence-electron chi connectivity index (χ2n) is 7.09. The average Bonchev–Trinajstić information content (AvgIpc) is 3.04. The van der Waals surface area contributed by atoms with Gasteiger partial charge in [-0.25, -0.2) is 13.6 Å². The SMILES string of the molecule is [C-]#[N+]c1ccc(CC(=O)C[C@@H]2C(NOC)=NC[C@H]2c2c(F)cc(C)cc2F)cc1. The largest absolute Gasteiger partial charge is 0.299 e. The van der Waals surface area contributed by atoms with Gasteiger partial charge in [-0.05, 0) is 30.2 Å². The Labute approximate surface area is 168 Å². The number of nitrogens with one attached hydrogen (secondary N) is 1. The molecule has 1 N–H and O–H groups in total. The van der Waals surface area contributed by atoms with E-state index < -0.39 is 23.5 Å². The Hall–Kier alpha value is -3.11. The van der Waals surface area contributed by atoms with Crippen molar-refractivity contribution in [2.75, 3.05) is 13.7 Å². The van der Waals surface area contributed by atoms with Gasteiger partial charge in [0, 0.05) is 36.8 Å². The molecule has 0 fully saturated rings. The van der Waals surface area contributed by atoms with E-state index in [4.69, 9.17) is 11.4 Å². The summed E-state index contributed by atoms with van der Waals surface area (Å²) in [7, 11) is 1.42. The molecule has 0 saturated carbocycles. The van der Waals surface area contributed by atoms with Gasteiger partial charge in [-0.3, -0.25) is 20.1 Å². The smallest absolute Gasteiger partial charge is 0.187 e. The van der Waals surface area contributed by atoms with Crippen LogP contribution in [0.15, 0.2) is 41.4 Å². The Balaban J connectivity index is 1.81. The van der Waals surface area contributed by atoms with Crippen molar-refractivity contribution < 1.29 is 18.4 Å². The van der Waals surface area contributed by atoms with Gasteiger partial charge in [0.1, 0.15) is 23.3 Å². The van der Waals surface area contributed by atoms with Gasteiger partial charge in [-0.15, -0.1) is 0 Å². The monoisotopic (exact) mass is 397 g/mol. The molecule has 2 atom stereocenters. The number of hydrogen-bond donors (Lipinski definition) is 1. The molecule has 0 aliphatic carbocycles. The fourth-order valence-electron chi connectivity index (χ4n) is 3.67. The van der Waals surface area contributed by atoms with Crippen molar-refractivity contribution in [3.05, 3.63) is 76.1 Å². The molecule has 0 amide bonds. The van der Waals surface area contributed by atoms with Gasteiger partial charge in [-0.1, -0.05) is 24.3 Å². The van der Waals surface area contributed by atoms with E-state index in [-0.39, 0.29) is 30.7 Å². The summed E-state index contributed by atoms with van der Waals surface area (Å²) in [6.45, 7) is 8.77. The molecule has 0 bridgehead atoms. The number of halogens is 2. The van der Waals surface area contributed by atoms with Gasteiger partial charge in [0.25, 0.3) is 0 Å². The maximum atomic E-state index is 14.6. The van der Waals surface area contributed by atoms with Gasteiger partial charge in [0.2, 0.25) is 0 Å². The average molecular weight is 397 g/mol. The van der Waals surface area contributed by atoms with E-state index in [2.05, 4.69) is 15.3 Å². The molecule has 0 radical (unpaired) electrons. The van der Waals surface area contributed by atoms with Crippen molar-refractivity contribution in [3.63, 3.8) is 0 Å². The number of rotatable bonds is 6. The fourth-order valence-corrected chi connectivity index (χ4v) is 3.67. The van der Waals surface area contributed by atoms with Crippen LogP contribution in [-0.2, 0) is 16.1 Å².